The maximum Gasteiger partial charge on any atom is 0.223 e. The largest absolute Gasteiger partial charge is 0.368 e. The molecule has 0 saturated heterocycles. The van der Waals surface area contributed by atoms with Crippen molar-refractivity contribution in [3.8, 4) is 6.07 Å². The molecule has 104 valence electrons. The van der Waals surface area contributed by atoms with E-state index in [1.165, 1.54) is 0 Å². The summed E-state index contributed by atoms with van der Waals surface area (Å²) < 4.78 is 0. The number of anilines is 3. The monoisotopic (exact) mass is 295 g/mol. The Kier molecular flexibility index (Phi) is 3.20. The van der Waals surface area contributed by atoms with Crippen molar-refractivity contribution in [3.63, 3.8) is 0 Å². The lowest BCUT2D eigenvalue weighted by atomic mass is 10.1. The van der Waals surface area contributed by atoms with Gasteiger partial charge in [0.15, 0.2) is 0 Å². The van der Waals surface area contributed by atoms with Gasteiger partial charge in [-0.25, -0.2) is 4.98 Å². The summed E-state index contributed by atoms with van der Waals surface area (Å²) in [5.41, 5.74) is 8.02. The number of nitrogens with one attached hydrogen (secondary N) is 1. The molecule has 0 unspecified atom stereocenters. The second-order valence-corrected chi connectivity index (χ2v) is 5.98. The number of hydrogen-bond acceptors (Lipinski definition) is 6. The quantitative estimate of drug-likeness (QED) is 0.755. The minimum atomic E-state index is 0.220. The number of fused-ring (bicyclic) bond motifs is 1. The van der Waals surface area contributed by atoms with Crippen LogP contribution in [0.4, 0.5) is 17.5 Å². The van der Waals surface area contributed by atoms with Gasteiger partial charge in [-0.2, -0.15) is 10.2 Å². The van der Waals surface area contributed by atoms with Crippen LogP contribution in [0.25, 0.3) is 10.2 Å². The number of benzene rings is 1. The summed E-state index contributed by atoms with van der Waals surface area (Å²) in [5, 5.41) is 13.4. The van der Waals surface area contributed by atoms with Crippen molar-refractivity contribution in [1.29, 1.82) is 5.26 Å². The number of thiophene rings is 1. The molecule has 0 saturated carbocycles. The minimum Gasteiger partial charge on any atom is -0.368 e. The maximum atomic E-state index is 9.30. The molecule has 0 bridgehead atoms. The molecule has 1 aromatic carbocycles. The average Bonchev–Trinajstić information content (AvgIpc) is 2.79. The molecule has 0 atom stereocenters. The number of nitriles is 1. The number of aromatic nitrogens is 2. The summed E-state index contributed by atoms with van der Waals surface area (Å²) in [5.74, 6) is 0.849. The third-order valence-electron chi connectivity index (χ3n) is 3.17. The lowest BCUT2D eigenvalue weighted by Crippen LogP contribution is -2.02. The van der Waals surface area contributed by atoms with Crippen LogP contribution in [0.2, 0.25) is 0 Å². The van der Waals surface area contributed by atoms with Crippen LogP contribution in [0.5, 0.6) is 0 Å². The Morgan fingerprint density at radius 3 is 2.86 bits per heavy atom. The van der Waals surface area contributed by atoms with E-state index in [4.69, 9.17) is 5.73 Å². The van der Waals surface area contributed by atoms with Gasteiger partial charge in [0.05, 0.1) is 16.6 Å². The first-order chi connectivity index (χ1) is 10.1. The third kappa shape index (κ3) is 2.39. The Balaban J connectivity index is 2.15. The van der Waals surface area contributed by atoms with Crippen LogP contribution in [0, 0.1) is 25.2 Å². The van der Waals surface area contributed by atoms with E-state index in [9.17, 15) is 5.26 Å². The standard InChI is InChI=1S/C15H13N5S/c1-8-4-3-5-12(11(8)7-16)18-13-10-6-9(2)21-14(10)20-15(17)19-13/h3-6H,1-2H3,(H3,17,18,19,20). The Morgan fingerprint density at radius 2 is 2.10 bits per heavy atom. The number of nitrogens with two attached hydrogens (primary N) is 1. The van der Waals surface area contributed by atoms with Crippen LogP contribution in [0.3, 0.4) is 0 Å². The number of hydrogen-bond donors (Lipinski definition) is 2. The first kappa shape index (κ1) is 13.3. The van der Waals surface area contributed by atoms with Crippen LogP contribution in [-0.2, 0) is 0 Å². The molecule has 6 heteroatoms. The molecule has 0 aliphatic rings. The average molecular weight is 295 g/mol. The molecule has 0 amide bonds. The minimum absolute atomic E-state index is 0.220. The summed E-state index contributed by atoms with van der Waals surface area (Å²) >= 11 is 1.57. The first-order valence-corrected chi connectivity index (χ1v) is 7.20. The summed E-state index contributed by atoms with van der Waals surface area (Å²) in [6.45, 7) is 3.92. The second-order valence-electron chi connectivity index (χ2n) is 4.74. The van der Waals surface area contributed by atoms with E-state index < -0.39 is 0 Å². The van der Waals surface area contributed by atoms with Crippen molar-refractivity contribution in [2.45, 2.75) is 13.8 Å². The molecule has 2 aromatic heterocycles. The lowest BCUT2D eigenvalue weighted by Gasteiger charge is -2.10. The molecule has 3 N–H and O–H groups in total. The second kappa shape index (κ2) is 5.04. The third-order valence-corrected chi connectivity index (χ3v) is 4.12. The molecule has 0 aliphatic heterocycles. The van der Waals surface area contributed by atoms with Gasteiger partial charge in [0.25, 0.3) is 0 Å². The fraction of sp³-hybridized carbons (Fsp3) is 0.133. The van der Waals surface area contributed by atoms with Gasteiger partial charge in [0, 0.05) is 4.88 Å². The van der Waals surface area contributed by atoms with Crippen molar-refractivity contribution in [3.05, 3.63) is 40.3 Å². The molecular formula is C15H13N5S. The molecule has 3 aromatic rings. The van der Waals surface area contributed by atoms with Crippen LogP contribution >= 0.6 is 11.3 Å². The summed E-state index contributed by atoms with van der Waals surface area (Å²) in [4.78, 5) is 10.5. The lowest BCUT2D eigenvalue weighted by molar-refractivity contribution is 1.24. The highest BCUT2D eigenvalue weighted by Gasteiger charge is 2.12. The van der Waals surface area contributed by atoms with Gasteiger partial charge in [-0.05, 0) is 31.5 Å². The number of nitrogens with zero attached hydrogens (tertiary/aromatic N) is 3. The molecule has 0 fully saturated rings. The van der Waals surface area contributed by atoms with Crippen molar-refractivity contribution < 1.29 is 0 Å². The van der Waals surface area contributed by atoms with E-state index in [2.05, 4.69) is 21.4 Å². The number of nitrogen functional groups attached to an aromatic ring is 1. The van der Waals surface area contributed by atoms with E-state index in [-0.39, 0.29) is 5.95 Å². The van der Waals surface area contributed by atoms with E-state index in [1.54, 1.807) is 11.3 Å². The van der Waals surface area contributed by atoms with Gasteiger partial charge in [-0.3, -0.25) is 0 Å². The zero-order valence-electron chi connectivity index (χ0n) is 11.6. The molecule has 0 aliphatic carbocycles. The van der Waals surface area contributed by atoms with Gasteiger partial charge >= 0.3 is 0 Å². The summed E-state index contributed by atoms with van der Waals surface area (Å²) in [7, 11) is 0. The van der Waals surface area contributed by atoms with Gasteiger partial charge in [0.1, 0.15) is 16.7 Å². The fourth-order valence-electron chi connectivity index (χ4n) is 2.20. The molecule has 0 radical (unpaired) electrons. The molecule has 0 spiro atoms. The number of aryl methyl sites for hydroxylation is 2. The van der Waals surface area contributed by atoms with Gasteiger partial charge < -0.3 is 11.1 Å². The van der Waals surface area contributed by atoms with E-state index in [0.717, 1.165) is 26.3 Å². The topological polar surface area (TPSA) is 87.6 Å². The van der Waals surface area contributed by atoms with Crippen molar-refractivity contribution in [2.24, 2.45) is 0 Å². The normalized spacial score (nSPS) is 10.5. The first-order valence-electron chi connectivity index (χ1n) is 6.39. The maximum absolute atomic E-state index is 9.30. The molecule has 3 rings (SSSR count). The Morgan fingerprint density at radius 1 is 1.29 bits per heavy atom. The van der Waals surface area contributed by atoms with Crippen LogP contribution in [0.15, 0.2) is 24.3 Å². The zero-order chi connectivity index (χ0) is 15.0. The van der Waals surface area contributed by atoms with Crippen LogP contribution in [0.1, 0.15) is 16.0 Å². The predicted octanol–water partition coefficient (Wildman–Crippen LogP) is 3.51. The Bertz CT molecular complexity index is 876. The van der Waals surface area contributed by atoms with Gasteiger partial charge in [0.2, 0.25) is 5.95 Å². The Labute approximate surface area is 126 Å². The summed E-state index contributed by atoms with van der Waals surface area (Å²) in [6.07, 6.45) is 0. The highest BCUT2D eigenvalue weighted by atomic mass is 32.1. The van der Waals surface area contributed by atoms with E-state index in [1.807, 2.05) is 38.1 Å². The zero-order valence-corrected chi connectivity index (χ0v) is 12.5. The van der Waals surface area contributed by atoms with E-state index in [0.29, 0.717) is 11.4 Å². The smallest absolute Gasteiger partial charge is 0.223 e. The van der Waals surface area contributed by atoms with Crippen molar-refractivity contribution in [1.82, 2.24) is 9.97 Å². The molecular weight excluding hydrogens is 282 g/mol. The number of rotatable bonds is 2. The Hall–Kier alpha value is -2.65. The summed E-state index contributed by atoms with van der Waals surface area (Å²) in [6, 6.07) is 9.90. The predicted molar refractivity (Wildman–Crippen MR) is 85.7 cm³/mol. The fourth-order valence-corrected chi connectivity index (χ4v) is 3.09. The van der Waals surface area contributed by atoms with Crippen molar-refractivity contribution >= 4 is 39.0 Å². The van der Waals surface area contributed by atoms with Gasteiger partial charge in [-0.15, -0.1) is 11.3 Å². The van der Waals surface area contributed by atoms with Crippen LogP contribution in [-0.4, -0.2) is 9.97 Å². The van der Waals surface area contributed by atoms with Crippen molar-refractivity contribution in [2.75, 3.05) is 11.1 Å². The van der Waals surface area contributed by atoms with Crippen LogP contribution < -0.4 is 11.1 Å². The highest BCUT2D eigenvalue weighted by Crippen LogP contribution is 2.31. The highest BCUT2D eigenvalue weighted by molar-refractivity contribution is 7.18. The molecule has 2 heterocycles. The molecule has 21 heavy (non-hydrogen) atoms. The van der Waals surface area contributed by atoms with E-state index >= 15 is 0 Å². The van der Waals surface area contributed by atoms with Gasteiger partial charge in [-0.1, -0.05) is 12.1 Å². The molecule has 5 nitrogen and oxygen atoms in total. The SMILES string of the molecule is Cc1cc2c(Nc3cccc(C)c3C#N)nc(N)nc2s1.